The van der Waals surface area contributed by atoms with E-state index in [0.717, 1.165) is 17.8 Å². The highest BCUT2D eigenvalue weighted by atomic mass is 16.1. The molecular weight excluding hydrogens is 274 g/mol. The molecule has 122 valence electrons. The molecule has 1 aliphatic rings. The molecule has 0 unspecified atom stereocenters. The predicted molar refractivity (Wildman–Crippen MR) is 91.7 cm³/mol. The van der Waals surface area contributed by atoms with Crippen molar-refractivity contribution in [2.75, 3.05) is 39.6 Å². The third kappa shape index (κ3) is 3.80. The average molecular weight is 304 g/mol. The third-order valence-corrected chi connectivity index (χ3v) is 5.08. The molecule has 1 aliphatic carbocycles. The molecule has 1 fully saturated rings. The van der Waals surface area contributed by atoms with E-state index in [1.807, 2.05) is 43.3 Å². The lowest BCUT2D eigenvalue weighted by atomic mass is 9.80. The van der Waals surface area contributed by atoms with Crippen LogP contribution in [0.25, 0.3) is 0 Å². The Kier molecular flexibility index (Phi) is 5.46. The number of amides is 1. The second-order valence-electron chi connectivity index (χ2n) is 6.97. The Morgan fingerprint density at radius 3 is 2.50 bits per heavy atom. The molecule has 1 amide bonds. The van der Waals surface area contributed by atoms with Crippen LogP contribution in [-0.2, 0) is 0 Å². The van der Waals surface area contributed by atoms with Gasteiger partial charge in [0, 0.05) is 38.2 Å². The van der Waals surface area contributed by atoms with Gasteiger partial charge in [-0.2, -0.15) is 0 Å². The van der Waals surface area contributed by atoms with E-state index in [9.17, 15) is 4.79 Å². The molecule has 0 radical (unpaired) electrons. The summed E-state index contributed by atoms with van der Waals surface area (Å²) in [6.45, 7) is 0.764. The highest BCUT2D eigenvalue weighted by molar-refractivity contribution is 5.95. The summed E-state index contributed by atoms with van der Waals surface area (Å²) in [6, 6.07) is 7.80. The topological polar surface area (TPSA) is 36.8 Å². The van der Waals surface area contributed by atoms with E-state index in [-0.39, 0.29) is 11.4 Å². The Bertz CT molecular complexity index is 505. The van der Waals surface area contributed by atoms with Crippen LogP contribution >= 0.6 is 0 Å². The molecule has 22 heavy (non-hydrogen) atoms. The number of nitrogens with zero attached hydrogens (tertiary/aromatic N) is 1. The molecule has 2 N–H and O–H groups in total. The van der Waals surface area contributed by atoms with Crippen molar-refractivity contribution in [1.29, 1.82) is 0 Å². The Morgan fingerprint density at radius 2 is 1.91 bits per heavy atom. The van der Waals surface area contributed by atoms with Crippen LogP contribution < -0.4 is 15.1 Å². The van der Waals surface area contributed by atoms with Crippen LogP contribution in [0.15, 0.2) is 24.3 Å². The molecule has 1 aromatic carbocycles. The fourth-order valence-electron chi connectivity index (χ4n) is 3.36. The van der Waals surface area contributed by atoms with Gasteiger partial charge in [-0.15, -0.1) is 0 Å². The first kappa shape index (κ1) is 16.8. The zero-order valence-electron chi connectivity index (χ0n) is 14.4. The summed E-state index contributed by atoms with van der Waals surface area (Å²) < 4.78 is 0. The van der Waals surface area contributed by atoms with Crippen LogP contribution in [0.4, 0.5) is 5.69 Å². The molecule has 1 aromatic rings. The van der Waals surface area contributed by atoms with Crippen molar-refractivity contribution in [3.63, 3.8) is 0 Å². The second kappa shape index (κ2) is 7.14. The molecule has 0 spiro atoms. The maximum Gasteiger partial charge on any atom is 0.251 e. The summed E-state index contributed by atoms with van der Waals surface area (Å²) in [6.07, 6.45) is 6.28. The molecule has 4 heteroatoms. The minimum Gasteiger partial charge on any atom is -0.378 e. The average Bonchev–Trinajstić information content (AvgIpc) is 2.53. The van der Waals surface area contributed by atoms with E-state index in [4.69, 9.17) is 0 Å². The van der Waals surface area contributed by atoms with Gasteiger partial charge in [0.05, 0.1) is 20.6 Å². The SMILES string of the molecule is CN(C)c1cccc(C(=O)NCC2([NH+](C)C)CCCCC2)c1. The highest BCUT2D eigenvalue weighted by Crippen LogP contribution is 2.25. The van der Waals surface area contributed by atoms with Crippen molar-refractivity contribution in [2.24, 2.45) is 0 Å². The van der Waals surface area contributed by atoms with Gasteiger partial charge in [-0.3, -0.25) is 4.79 Å². The molecule has 1 saturated carbocycles. The first-order valence-electron chi connectivity index (χ1n) is 8.31. The van der Waals surface area contributed by atoms with Crippen LogP contribution in [0, 0.1) is 0 Å². The van der Waals surface area contributed by atoms with Crippen LogP contribution in [-0.4, -0.2) is 46.2 Å². The van der Waals surface area contributed by atoms with E-state index < -0.39 is 0 Å². The van der Waals surface area contributed by atoms with Crippen molar-refractivity contribution in [2.45, 2.75) is 37.6 Å². The van der Waals surface area contributed by atoms with Crippen molar-refractivity contribution in [3.8, 4) is 0 Å². The smallest absolute Gasteiger partial charge is 0.251 e. The zero-order valence-corrected chi connectivity index (χ0v) is 14.4. The summed E-state index contributed by atoms with van der Waals surface area (Å²) in [5.74, 6) is 0.0369. The van der Waals surface area contributed by atoms with Gasteiger partial charge < -0.3 is 15.1 Å². The summed E-state index contributed by atoms with van der Waals surface area (Å²) in [4.78, 5) is 16.0. The number of quaternary nitrogens is 1. The molecule has 0 aliphatic heterocycles. The number of likely N-dealkylation sites (N-methyl/N-ethyl adjacent to an activating group) is 1. The lowest BCUT2D eigenvalue weighted by molar-refractivity contribution is -0.916. The molecule has 2 rings (SSSR count). The molecule has 0 aromatic heterocycles. The van der Waals surface area contributed by atoms with Crippen LogP contribution in [0.3, 0.4) is 0 Å². The van der Waals surface area contributed by atoms with Gasteiger partial charge in [-0.05, 0) is 31.0 Å². The number of rotatable bonds is 5. The largest absolute Gasteiger partial charge is 0.378 e. The second-order valence-corrected chi connectivity index (χ2v) is 6.97. The van der Waals surface area contributed by atoms with Crippen LogP contribution in [0.1, 0.15) is 42.5 Å². The van der Waals surface area contributed by atoms with Gasteiger partial charge in [-0.1, -0.05) is 12.5 Å². The van der Waals surface area contributed by atoms with E-state index in [1.54, 1.807) is 0 Å². The van der Waals surface area contributed by atoms with E-state index in [1.165, 1.54) is 37.0 Å². The van der Waals surface area contributed by atoms with E-state index >= 15 is 0 Å². The van der Waals surface area contributed by atoms with Crippen LogP contribution in [0.2, 0.25) is 0 Å². The van der Waals surface area contributed by atoms with Gasteiger partial charge in [0.15, 0.2) is 0 Å². The molecular formula is C18H30N3O+. The maximum absolute atomic E-state index is 12.5. The number of carbonyl (C=O) groups excluding carboxylic acids is 1. The lowest BCUT2D eigenvalue weighted by Gasteiger charge is -2.39. The van der Waals surface area contributed by atoms with E-state index in [2.05, 4.69) is 19.4 Å². The number of hydrogen-bond acceptors (Lipinski definition) is 2. The van der Waals surface area contributed by atoms with Crippen molar-refractivity contribution >= 4 is 11.6 Å². The minimum absolute atomic E-state index is 0.0369. The van der Waals surface area contributed by atoms with Crippen LogP contribution in [0.5, 0.6) is 0 Å². The zero-order chi connectivity index (χ0) is 16.2. The fourth-order valence-corrected chi connectivity index (χ4v) is 3.36. The molecule has 0 saturated heterocycles. The highest BCUT2D eigenvalue weighted by Gasteiger charge is 2.38. The Labute approximate surface area is 134 Å². The minimum atomic E-state index is 0.0369. The first-order valence-corrected chi connectivity index (χ1v) is 8.31. The lowest BCUT2D eigenvalue weighted by Crippen LogP contribution is -3.16. The van der Waals surface area contributed by atoms with E-state index in [0.29, 0.717) is 0 Å². The third-order valence-electron chi connectivity index (χ3n) is 5.08. The molecule has 0 bridgehead atoms. The van der Waals surface area contributed by atoms with Crippen molar-refractivity contribution in [1.82, 2.24) is 5.32 Å². The number of benzene rings is 1. The summed E-state index contributed by atoms with van der Waals surface area (Å²) in [7, 11) is 8.40. The summed E-state index contributed by atoms with van der Waals surface area (Å²) in [5, 5.41) is 3.18. The normalized spacial score (nSPS) is 17.3. The Morgan fingerprint density at radius 1 is 1.23 bits per heavy atom. The first-order chi connectivity index (χ1) is 10.4. The van der Waals surface area contributed by atoms with Crippen molar-refractivity contribution in [3.05, 3.63) is 29.8 Å². The van der Waals surface area contributed by atoms with Crippen molar-refractivity contribution < 1.29 is 9.69 Å². The molecule has 4 nitrogen and oxygen atoms in total. The standard InChI is InChI=1S/C18H29N3O/c1-20(2)16-10-8-9-15(13-16)17(22)19-14-18(21(3)4)11-6-5-7-12-18/h8-10,13H,5-7,11-12,14H2,1-4H3,(H,19,22)/p+1. The maximum atomic E-state index is 12.5. The Hall–Kier alpha value is -1.55. The molecule has 0 atom stereocenters. The van der Waals surface area contributed by atoms with Gasteiger partial charge in [0.1, 0.15) is 5.54 Å². The van der Waals surface area contributed by atoms with Gasteiger partial charge in [0.2, 0.25) is 0 Å². The quantitative estimate of drug-likeness (QED) is 0.861. The number of carbonyl (C=O) groups is 1. The number of nitrogens with one attached hydrogen (secondary N) is 2. The number of anilines is 1. The predicted octanol–water partition coefficient (Wildman–Crippen LogP) is 1.33. The van der Waals surface area contributed by atoms with Gasteiger partial charge in [0.25, 0.3) is 5.91 Å². The summed E-state index contributed by atoms with van der Waals surface area (Å²) in [5.41, 5.74) is 2.00. The van der Waals surface area contributed by atoms with Gasteiger partial charge in [-0.25, -0.2) is 0 Å². The van der Waals surface area contributed by atoms with Gasteiger partial charge >= 0.3 is 0 Å². The monoisotopic (exact) mass is 304 g/mol. The molecule has 0 heterocycles. The summed E-state index contributed by atoms with van der Waals surface area (Å²) >= 11 is 0. The number of hydrogen-bond donors (Lipinski definition) is 2. The fraction of sp³-hybridized carbons (Fsp3) is 0.611. The Balaban J connectivity index is 2.03.